The molecule has 106 valence electrons. The number of hydrogen-bond donors (Lipinski definition) is 2. The van der Waals surface area contributed by atoms with Gasteiger partial charge in [-0.3, -0.25) is 4.79 Å². The number of aryl methyl sites for hydroxylation is 1. The number of carbonyl (C=O) groups is 1. The summed E-state index contributed by atoms with van der Waals surface area (Å²) in [5.74, 6) is 0.873. The Kier molecular flexibility index (Phi) is 3.51. The lowest BCUT2D eigenvalue weighted by molar-refractivity contribution is 0.0924. The summed E-state index contributed by atoms with van der Waals surface area (Å²) >= 11 is 0. The SMILES string of the molecule is Cc1[nH]c2ccccc2c1C(=O)NC1CCC(C)CC1. The maximum Gasteiger partial charge on any atom is 0.253 e. The summed E-state index contributed by atoms with van der Waals surface area (Å²) in [6.07, 6.45) is 4.65. The van der Waals surface area contributed by atoms with E-state index in [1.165, 1.54) is 12.8 Å². The number of para-hydroxylation sites is 1. The summed E-state index contributed by atoms with van der Waals surface area (Å²) < 4.78 is 0. The lowest BCUT2D eigenvalue weighted by atomic mass is 9.87. The summed E-state index contributed by atoms with van der Waals surface area (Å²) in [7, 11) is 0. The van der Waals surface area contributed by atoms with Gasteiger partial charge in [0.2, 0.25) is 0 Å². The van der Waals surface area contributed by atoms with Crippen LogP contribution < -0.4 is 5.32 Å². The number of H-pyrrole nitrogens is 1. The Bertz CT molecular complexity index is 621. The lowest BCUT2D eigenvalue weighted by Gasteiger charge is -2.26. The molecule has 0 unspecified atom stereocenters. The van der Waals surface area contributed by atoms with Gasteiger partial charge in [0.1, 0.15) is 0 Å². The standard InChI is InChI=1S/C17H22N2O/c1-11-7-9-13(10-8-11)19-17(20)16-12(2)18-15-6-4-3-5-14(15)16/h3-6,11,13,18H,7-10H2,1-2H3,(H,19,20). The average Bonchev–Trinajstić information content (AvgIpc) is 2.77. The Morgan fingerprint density at radius 2 is 1.90 bits per heavy atom. The summed E-state index contributed by atoms with van der Waals surface area (Å²) in [6.45, 7) is 4.26. The van der Waals surface area contributed by atoms with Crippen molar-refractivity contribution in [2.75, 3.05) is 0 Å². The van der Waals surface area contributed by atoms with Gasteiger partial charge < -0.3 is 10.3 Å². The molecule has 0 aliphatic heterocycles. The first-order valence-corrected chi connectivity index (χ1v) is 7.53. The van der Waals surface area contributed by atoms with Crippen molar-refractivity contribution in [1.82, 2.24) is 10.3 Å². The highest BCUT2D eigenvalue weighted by Gasteiger charge is 2.22. The van der Waals surface area contributed by atoms with Crippen molar-refractivity contribution in [3.05, 3.63) is 35.5 Å². The predicted octanol–water partition coefficient (Wildman–Crippen LogP) is 3.78. The first-order chi connectivity index (χ1) is 9.65. The van der Waals surface area contributed by atoms with Crippen LogP contribution in [0.25, 0.3) is 10.9 Å². The molecule has 0 bridgehead atoms. The van der Waals surface area contributed by atoms with E-state index in [4.69, 9.17) is 0 Å². The Hall–Kier alpha value is -1.77. The Morgan fingerprint density at radius 3 is 2.65 bits per heavy atom. The molecule has 1 aliphatic rings. The van der Waals surface area contributed by atoms with E-state index in [0.29, 0.717) is 6.04 Å². The van der Waals surface area contributed by atoms with Crippen LogP contribution in [-0.2, 0) is 0 Å². The Labute approximate surface area is 119 Å². The molecule has 1 saturated carbocycles. The monoisotopic (exact) mass is 270 g/mol. The van der Waals surface area contributed by atoms with Crippen LogP contribution in [0, 0.1) is 12.8 Å². The third-order valence-corrected chi connectivity index (χ3v) is 4.47. The third-order valence-electron chi connectivity index (χ3n) is 4.47. The van der Waals surface area contributed by atoms with Crippen molar-refractivity contribution in [3.8, 4) is 0 Å². The van der Waals surface area contributed by atoms with E-state index in [9.17, 15) is 4.79 Å². The van der Waals surface area contributed by atoms with Gasteiger partial charge in [-0.1, -0.05) is 25.1 Å². The fraction of sp³-hybridized carbons (Fsp3) is 0.471. The molecule has 1 aromatic heterocycles. The Morgan fingerprint density at radius 1 is 1.20 bits per heavy atom. The first-order valence-electron chi connectivity index (χ1n) is 7.53. The molecule has 2 aromatic rings. The fourth-order valence-electron chi connectivity index (χ4n) is 3.23. The second kappa shape index (κ2) is 5.31. The van der Waals surface area contributed by atoms with E-state index in [1.807, 2.05) is 31.2 Å². The molecule has 1 aromatic carbocycles. The number of nitrogens with one attached hydrogen (secondary N) is 2. The van der Waals surface area contributed by atoms with Gasteiger partial charge >= 0.3 is 0 Å². The minimum Gasteiger partial charge on any atom is -0.358 e. The number of fused-ring (bicyclic) bond motifs is 1. The summed E-state index contributed by atoms with van der Waals surface area (Å²) in [6, 6.07) is 8.33. The molecule has 3 nitrogen and oxygen atoms in total. The van der Waals surface area contributed by atoms with Gasteiger partial charge in [0.25, 0.3) is 5.91 Å². The van der Waals surface area contributed by atoms with Crippen molar-refractivity contribution in [2.45, 2.75) is 45.6 Å². The molecule has 20 heavy (non-hydrogen) atoms. The average molecular weight is 270 g/mol. The van der Waals surface area contributed by atoms with E-state index in [0.717, 1.165) is 40.9 Å². The molecule has 0 spiro atoms. The highest BCUT2D eigenvalue weighted by atomic mass is 16.1. The van der Waals surface area contributed by atoms with Crippen LogP contribution in [0.3, 0.4) is 0 Å². The smallest absolute Gasteiger partial charge is 0.253 e. The molecule has 2 N–H and O–H groups in total. The van der Waals surface area contributed by atoms with Gasteiger partial charge in [0.05, 0.1) is 5.56 Å². The molecule has 0 saturated heterocycles. The molecule has 3 rings (SSSR count). The maximum absolute atomic E-state index is 12.6. The van der Waals surface area contributed by atoms with Crippen LogP contribution in [0.1, 0.15) is 48.7 Å². The lowest BCUT2D eigenvalue weighted by Crippen LogP contribution is -2.37. The van der Waals surface area contributed by atoms with Crippen molar-refractivity contribution >= 4 is 16.8 Å². The number of carbonyl (C=O) groups excluding carboxylic acids is 1. The molecule has 3 heteroatoms. The van der Waals surface area contributed by atoms with Gasteiger partial charge in [-0.05, 0) is 44.6 Å². The molecule has 1 amide bonds. The number of amides is 1. The van der Waals surface area contributed by atoms with Gasteiger partial charge in [0, 0.05) is 22.6 Å². The van der Waals surface area contributed by atoms with Crippen LogP contribution >= 0.6 is 0 Å². The second-order valence-corrected chi connectivity index (χ2v) is 6.10. The van der Waals surface area contributed by atoms with E-state index in [2.05, 4.69) is 17.2 Å². The van der Waals surface area contributed by atoms with Crippen molar-refractivity contribution in [3.63, 3.8) is 0 Å². The first kappa shape index (κ1) is 13.2. The summed E-state index contributed by atoms with van der Waals surface area (Å²) in [5.41, 5.74) is 2.79. The van der Waals surface area contributed by atoms with Gasteiger partial charge in [-0.2, -0.15) is 0 Å². The quantitative estimate of drug-likeness (QED) is 0.857. The Balaban J connectivity index is 1.80. The molecule has 1 heterocycles. The van der Waals surface area contributed by atoms with E-state index in [1.54, 1.807) is 0 Å². The number of rotatable bonds is 2. The van der Waals surface area contributed by atoms with E-state index in [-0.39, 0.29) is 5.91 Å². The van der Waals surface area contributed by atoms with Crippen LogP contribution in [-0.4, -0.2) is 16.9 Å². The van der Waals surface area contributed by atoms with Gasteiger partial charge in [-0.15, -0.1) is 0 Å². The zero-order chi connectivity index (χ0) is 14.1. The van der Waals surface area contributed by atoms with Crippen molar-refractivity contribution in [1.29, 1.82) is 0 Å². The summed E-state index contributed by atoms with van der Waals surface area (Å²) in [4.78, 5) is 15.9. The second-order valence-electron chi connectivity index (χ2n) is 6.10. The van der Waals surface area contributed by atoms with Crippen LogP contribution in [0.4, 0.5) is 0 Å². The van der Waals surface area contributed by atoms with Crippen LogP contribution in [0.5, 0.6) is 0 Å². The summed E-state index contributed by atoms with van der Waals surface area (Å²) in [5, 5.41) is 4.24. The highest BCUT2D eigenvalue weighted by molar-refractivity contribution is 6.08. The normalized spacial score (nSPS) is 22.9. The number of aromatic nitrogens is 1. The topological polar surface area (TPSA) is 44.9 Å². The minimum absolute atomic E-state index is 0.0690. The van der Waals surface area contributed by atoms with E-state index >= 15 is 0 Å². The molecule has 1 fully saturated rings. The number of aromatic amines is 1. The van der Waals surface area contributed by atoms with Crippen molar-refractivity contribution in [2.24, 2.45) is 5.92 Å². The van der Waals surface area contributed by atoms with Crippen molar-refractivity contribution < 1.29 is 4.79 Å². The molecule has 0 radical (unpaired) electrons. The predicted molar refractivity (Wildman–Crippen MR) is 81.9 cm³/mol. The van der Waals surface area contributed by atoms with Crippen LogP contribution in [0.15, 0.2) is 24.3 Å². The zero-order valence-corrected chi connectivity index (χ0v) is 12.2. The fourth-order valence-corrected chi connectivity index (χ4v) is 3.23. The van der Waals surface area contributed by atoms with Gasteiger partial charge in [-0.25, -0.2) is 0 Å². The minimum atomic E-state index is 0.0690. The molecule has 0 atom stereocenters. The molecular formula is C17H22N2O. The van der Waals surface area contributed by atoms with Crippen LogP contribution in [0.2, 0.25) is 0 Å². The molecular weight excluding hydrogens is 248 g/mol. The number of hydrogen-bond acceptors (Lipinski definition) is 1. The van der Waals surface area contributed by atoms with Gasteiger partial charge in [0.15, 0.2) is 0 Å². The highest BCUT2D eigenvalue weighted by Crippen LogP contribution is 2.25. The molecule has 1 aliphatic carbocycles. The van der Waals surface area contributed by atoms with E-state index < -0.39 is 0 Å². The largest absolute Gasteiger partial charge is 0.358 e. The zero-order valence-electron chi connectivity index (χ0n) is 12.2. The maximum atomic E-state index is 12.6. The number of benzene rings is 1. The third kappa shape index (κ3) is 2.45.